The molecule has 1 aromatic heterocycles. The average molecular weight is 730 g/mol. The summed E-state index contributed by atoms with van der Waals surface area (Å²) >= 11 is 0. The topological polar surface area (TPSA) is 75.3 Å². The number of hydrogen-bond acceptors (Lipinski definition) is 9. The Labute approximate surface area is 324 Å². The zero-order chi connectivity index (χ0) is 37.6. The lowest BCUT2D eigenvalue weighted by Gasteiger charge is -2.41. The SMILES string of the molecule is C1=Nc2ccccc2C1.C1CCC2=NCCCN2CC1.C1CN2CCN1CC2.CCN(CC)CC.c1ccc2c(c1)CN=N2.c1ccc2ncccc2c1. The number of azo groups is 1. The second kappa shape index (κ2) is 23.5. The molecule has 0 amide bonds. The zero-order valence-electron chi connectivity index (χ0n) is 33.2. The minimum atomic E-state index is 0.760. The van der Waals surface area contributed by atoms with Crippen molar-refractivity contribution < 1.29 is 0 Å². The summed E-state index contributed by atoms with van der Waals surface area (Å²) in [6.07, 6.45) is 11.4. The molecule has 0 radical (unpaired) electrons. The molecule has 4 fully saturated rings. The van der Waals surface area contributed by atoms with E-state index in [4.69, 9.17) is 0 Å². The van der Waals surface area contributed by atoms with Gasteiger partial charge in [-0.1, -0.05) is 87.9 Å². The van der Waals surface area contributed by atoms with Gasteiger partial charge in [-0.2, -0.15) is 10.2 Å². The van der Waals surface area contributed by atoms with Crippen LogP contribution in [-0.4, -0.2) is 115 Å². The van der Waals surface area contributed by atoms with Crippen molar-refractivity contribution >= 4 is 34.3 Å². The van der Waals surface area contributed by atoms with Crippen molar-refractivity contribution in [2.75, 3.05) is 78.5 Å². The summed E-state index contributed by atoms with van der Waals surface area (Å²) in [5, 5.41) is 9.00. The lowest BCUT2D eigenvalue weighted by molar-refractivity contribution is 0.0647. The first-order valence-electron chi connectivity index (χ1n) is 20.5. The smallest absolute Gasteiger partial charge is 0.0988 e. The predicted molar refractivity (Wildman–Crippen MR) is 228 cm³/mol. The highest BCUT2D eigenvalue weighted by atomic mass is 15.3. The molecule has 11 rings (SSSR count). The van der Waals surface area contributed by atoms with Gasteiger partial charge in [0.15, 0.2) is 0 Å². The van der Waals surface area contributed by atoms with Gasteiger partial charge in [-0.15, -0.1) is 0 Å². The Balaban J connectivity index is 0.000000125. The molecule has 0 unspecified atom stereocenters. The van der Waals surface area contributed by atoms with Crippen LogP contribution in [0.3, 0.4) is 0 Å². The summed E-state index contributed by atoms with van der Waals surface area (Å²) in [6.45, 7) is 22.4. The van der Waals surface area contributed by atoms with Gasteiger partial charge in [0, 0.05) is 95.1 Å². The lowest BCUT2D eigenvalue weighted by Crippen LogP contribution is -2.55. The molecule has 54 heavy (non-hydrogen) atoms. The molecule has 0 spiro atoms. The van der Waals surface area contributed by atoms with Crippen molar-refractivity contribution in [3.05, 3.63) is 102 Å². The highest BCUT2D eigenvalue weighted by Crippen LogP contribution is 2.25. The lowest BCUT2D eigenvalue weighted by atomic mass is 10.2. The maximum atomic E-state index is 4.55. The third-order valence-electron chi connectivity index (χ3n) is 10.6. The number of pyridine rings is 1. The summed E-state index contributed by atoms with van der Waals surface area (Å²) in [4.78, 5) is 22.9. The number of amidine groups is 1. The Morgan fingerprint density at radius 1 is 0.611 bits per heavy atom. The summed E-state index contributed by atoms with van der Waals surface area (Å²) in [5.74, 6) is 1.40. The highest BCUT2D eigenvalue weighted by molar-refractivity contribution is 5.83. The molecule has 7 aliphatic rings. The van der Waals surface area contributed by atoms with Crippen LogP contribution in [0.5, 0.6) is 0 Å². The number of hydrogen-bond donors (Lipinski definition) is 0. The summed E-state index contributed by atoms with van der Waals surface area (Å²) in [7, 11) is 0. The van der Waals surface area contributed by atoms with Gasteiger partial charge in [-0.3, -0.25) is 24.8 Å². The molecule has 3 aromatic carbocycles. The first-order valence-corrected chi connectivity index (χ1v) is 20.5. The molecule has 0 N–H and O–H groups in total. The Bertz CT molecular complexity index is 1590. The Morgan fingerprint density at radius 2 is 1.24 bits per heavy atom. The number of benzene rings is 3. The van der Waals surface area contributed by atoms with Crippen LogP contribution >= 0.6 is 0 Å². The first-order chi connectivity index (χ1) is 26.7. The minimum Gasteiger partial charge on any atom is -0.360 e. The van der Waals surface area contributed by atoms with E-state index in [-0.39, 0.29) is 0 Å². The van der Waals surface area contributed by atoms with Crippen LogP contribution in [0.1, 0.15) is 64.0 Å². The van der Waals surface area contributed by atoms with Crippen molar-refractivity contribution in [3.63, 3.8) is 0 Å². The molecule has 4 saturated heterocycles. The van der Waals surface area contributed by atoms with Crippen molar-refractivity contribution in [2.24, 2.45) is 20.2 Å². The zero-order valence-corrected chi connectivity index (χ0v) is 33.2. The van der Waals surface area contributed by atoms with Gasteiger partial charge >= 0.3 is 0 Å². The molecular weight excluding hydrogens is 667 g/mol. The number of para-hydroxylation sites is 2. The van der Waals surface area contributed by atoms with Gasteiger partial charge in [-0.25, -0.2) is 0 Å². The summed E-state index contributed by atoms with van der Waals surface area (Å²) in [6, 6.07) is 28.3. The van der Waals surface area contributed by atoms with Crippen LogP contribution < -0.4 is 0 Å². The summed E-state index contributed by atoms with van der Waals surface area (Å²) < 4.78 is 0. The Hall–Kier alpha value is -4.31. The molecule has 9 heteroatoms. The second-order valence-corrected chi connectivity index (χ2v) is 14.1. The number of aliphatic imine (C=N–C) groups is 2. The van der Waals surface area contributed by atoms with Crippen LogP contribution in [0.4, 0.5) is 11.4 Å². The number of nitrogens with zero attached hydrogens (tertiary/aromatic N) is 9. The third-order valence-corrected chi connectivity index (χ3v) is 10.6. The van der Waals surface area contributed by atoms with Crippen LogP contribution in [-0.2, 0) is 13.0 Å². The fraction of sp³-hybridized carbons (Fsp3) is 0.489. The molecule has 8 heterocycles. The molecule has 4 aromatic rings. The van der Waals surface area contributed by atoms with Crippen molar-refractivity contribution in [1.29, 1.82) is 0 Å². The monoisotopic (exact) mass is 730 g/mol. The van der Waals surface area contributed by atoms with E-state index in [2.05, 4.69) is 89.8 Å². The van der Waals surface area contributed by atoms with Gasteiger partial charge in [0.05, 0.1) is 29.3 Å². The standard InChI is InChI=1S/C9H16N2.C9H7N.C8H7N.C7H6N2.C6H12N2.C6H15N/c1-2-5-9-10-6-4-8-11(9)7-3-1;1-2-6-9-8(4-1)5-3-7-10-9;1-2-4-8-7(3-1)5-6-9-8;1-2-4-7-6(3-1)5-8-9-7;1-2-8-5-3-7(1)4-6-8;1-4-7(5-2)6-3/h1-8H2;1-7H;1-4,6H,5H2;1-4H,5H2;1-6H2;4-6H2,1-3H3. The van der Waals surface area contributed by atoms with Crippen LogP contribution in [0.15, 0.2) is 111 Å². The number of fused-ring (bicyclic) bond motifs is 7. The Morgan fingerprint density at radius 3 is 1.89 bits per heavy atom. The normalized spacial score (nSPS) is 19.6. The minimum absolute atomic E-state index is 0.760. The molecule has 0 aliphatic carbocycles. The maximum Gasteiger partial charge on any atom is 0.0988 e. The van der Waals surface area contributed by atoms with Crippen LogP contribution in [0, 0.1) is 0 Å². The van der Waals surface area contributed by atoms with Crippen LogP contribution in [0.2, 0.25) is 0 Å². The fourth-order valence-corrected chi connectivity index (χ4v) is 7.13. The van der Waals surface area contributed by atoms with Crippen molar-refractivity contribution in [3.8, 4) is 0 Å². The molecular formula is C45H63N9. The molecule has 0 saturated carbocycles. The number of piperazine rings is 3. The molecule has 288 valence electrons. The molecule has 0 atom stereocenters. The first kappa shape index (κ1) is 40.9. The predicted octanol–water partition coefficient (Wildman–Crippen LogP) is 9.09. The van der Waals surface area contributed by atoms with Crippen molar-refractivity contribution in [2.45, 2.75) is 65.8 Å². The van der Waals surface area contributed by atoms with E-state index in [1.54, 1.807) is 0 Å². The Kier molecular flexibility index (Phi) is 17.8. The molecule has 9 nitrogen and oxygen atoms in total. The summed E-state index contributed by atoms with van der Waals surface area (Å²) in [5.41, 5.74) is 5.80. The van der Waals surface area contributed by atoms with Gasteiger partial charge in [0.1, 0.15) is 0 Å². The van der Waals surface area contributed by atoms with E-state index in [0.29, 0.717) is 0 Å². The van der Waals surface area contributed by atoms with E-state index in [1.165, 1.54) is 126 Å². The van der Waals surface area contributed by atoms with Crippen molar-refractivity contribution in [1.82, 2.24) is 24.6 Å². The number of rotatable bonds is 3. The molecule has 7 aliphatic heterocycles. The van der Waals surface area contributed by atoms with Gasteiger partial charge < -0.3 is 9.80 Å². The van der Waals surface area contributed by atoms with E-state index in [0.717, 1.165) is 36.4 Å². The fourth-order valence-electron chi connectivity index (χ4n) is 7.13. The number of aromatic nitrogens is 1. The van der Waals surface area contributed by atoms with Gasteiger partial charge in [0.2, 0.25) is 0 Å². The van der Waals surface area contributed by atoms with E-state index in [1.807, 2.05) is 73.1 Å². The quantitative estimate of drug-likeness (QED) is 0.210. The van der Waals surface area contributed by atoms with E-state index >= 15 is 0 Å². The largest absolute Gasteiger partial charge is 0.360 e. The highest BCUT2D eigenvalue weighted by Gasteiger charge is 2.22. The average Bonchev–Trinajstić information content (AvgIpc) is 3.88. The second-order valence-electron chi connectivity index (χ2n) is 14.1. The third kappa shape index (κ3) is 13.5. The van der Waals surface area contributed by atoms with E-state index in [9.17, 15) is 0 Å². The molecule has 2 bridgehead atoms. The maximum absolute atomic E-state index is 4.55. The van der Waals surface area contributed by atoms with Gasteiger partial charge in [0.25, 0.3) is 0 Å². The van der Waals surface area contributed by atoms with Crippen LogP contribution in [0.25, 0.3) is 10.9 Å². The van der Waals surface area contributed by atoms with E-state index < -0.39 is 0 Å². The van der Waals surface area contributed by atoms with Gasteiger partial charge in [-0.05, 0) is 68.7 Å².